The Hall–Kier alpha value is -0.910. The summed E-state index contributed by atoms with van der Waals surface area (Å²) in [4.78, 5) is 3.30. The van der Waals surface area contributed by atoms with Gasteiger partial charge in [-0.25, -0.2) is 0 Å². The van der Waals surface area contributed by atoms with Crippen molar-refractivity contribution in [3.8, 4) is 0 Å². The quantitative estimate of drug-likeness (QED) is 0.636. The largest absolute Gasteiger partial charge is 0.377 e. The van der Waals surface area contributed by atoms with Crippen LogP contribution in [0.3, 0.4) is 0 Å². The van der Waals surface area contributed by atoms with E-state index < -0.39 is 10.8 Å². The van der Waals surface area contributed by atoms with Crippen molar-refractivity contribution in [2.45, 2.75) is 29.8 Å². The molecule has 0 N–H and O–H groups in total. The maximum absolute atomic E-state index is 12.7. The number of rotatable bonds is 7. The Morgan fingerprint density at radius 1 is 1.07 bits per heavy atom. The Labute approximate surface area is 174 Å². The van der Waals surface area contributed by atoms with E-state index in [0.717, 1.165) is 49.4 Å². The second-order valence-electron chi connectivity index (χ2n) is 7.06. The van der Waals surface area contributed by atoms with E-state index in [1.807, 2.05) is 42.5 Å². The second-order valence-corrected chi connectivity index (χ2v) is 9.38. The average molecular weight is 426 g/mol. The lowest BCUT2D eigenvalue weighted by Gasteiger charge is -2.40. The molecule has 27 heavy (non-hydrogen) atoms. The monoisotopic (exact) mass is 425 g/mol. The van der Waals surface area contributed by atoms with Gasteiger partial charge in [0.2, 0.25) is 0 Å². The molecule has 0 radical (unpaired) electrons. The molecule has 3 rings (SSSR count). The van der Waals surface area contributed by atoms with E-state index in [4.69, 9.17) is 27.9 Å². The van der Waals surface area contributed by atoms with E-state index in [1.165, 1.54) is 0 Å². The topological polar surface area (TPSA) is 29.5 Å². The first kappa shape index (κ1) is 20.8. The summed E-state index contributed by atoms with van der Waals surface area (Å²) in [7, 11) is 0.699. The number of likely N-dealkylation sites (tertiary alicyclic amines) is 1. The van der Waals surface area contributed by atoms with Gasteiger partial charge in [-0.15, -0.1) is 0 Å². The summed E-state index contributed by atoms with van der Waals surface area (Å²) in [5, 5.41) is 1.36. The summed E-state index contributed by atoms with van der Waals surface area (Å²) in [6.45, 7) is 2.83. The third-order valence-electron chi connectivity index (χ3n) is 5.24. The Kier molecular flexibility index (Phi) is 7.35. The van der Waals surface area contributed by atoms with Gasteiger partial charge in [0.05, 0.1) is 22.2 Å². The number of hydrogen-bond donors (Lipinski definition) is 0. The molecule has 1 aliphatic heterocycles. The SMILES string of the molecule is COC1(CS(=O)c2ccccc2)CCN(CCc2cc(Cl)cc(Cl)c2)CC1. The molecule has 0 amide bonds. The van der Waals surface area contributed by atoms with Crippen molar-refractivity contribution in [1.29, 1.82) is 0 Å². The second kappa shape index (κ2) is 9.53. The zero-order valence-corrected chi connectivity index (χ0v) is 17.8. The summed E-state index contributed by atoms with van der Waals surface area (Å²) < 4.78 is 18.6. The molecule has 0 saturated carbocycles. The fourth-order valence-corrected chi connectivity index (χ4v) is 5.61. The number of halogens is 2. The van der Waals surface area contributed by atoms with Crippen LogP contribution in [0.5, 0.6) is 0 Å². The molecule has 1 saturated heterocycles. The van der Waals surface area contributed by atoms with E-state index in [-0.39, 0.29) is 5.60 Å². The van der Waals surface area contributed by atoms with Gasteiger partial charge in [-0.3, -0.25) is 4.21 Å². The van der Waals surface area contributed by atoms with Gasteiger partial charge >= 0.3 is 0 Å². The van der Waals surface area contributed by atoms with Crippen molar-refractivity contribution in [1.82, 2.24) is 4.90 Å². The Morgan fingerprint density at radius 2 is 1.70 bits per heavy atom. The van der Waals surface area contributed by atoms with Gasteiger partial charge in [-0.2, -0.15) is 0 Å². The number of benzene rings is 2. The first-order valence-corrected chi connectivity index (χ1v) is 11.2. The van der Waals surface area contributed by atoms with E-state index in [2.05, 4.69) is 4.90 Å². The number of hydrogen-bond acceptors (Lipinski definition) is 3. The summed E-state index contributed by atoms with van der Waals surface area (Å²) in [6.07, 6.45) is 2.69. The van der Waals surface area contributed by atoms with Crippen LogP contribution in [0.1, 0.15) is 18.4 Å². The van der Waals surface area contributed by atoms with Crippen LogP contribution in [0.15, 0.2) is 53.4 Å². The maximum Gasteiger partial charge on any atom is 0.0821 e. The predicted molar refractivity (Wildman–Crippen MR) is 113 cm³/mol. The lowest BCUT2D eigenvalue weighted by atomic mass is 9.93. The van der Waals surface area contributed by atoms with Gasteiger partial charge in [-0.1, -0.05) is 41.4 Å². The minimum absolute atomic E-state index is 0.309. The Balaban J connectivity index is 1.53. The molecule has 0 bridgehead atoms. The predicted octanol–water partition coefficient (Wildman–Crippen LogP) is 4.82. The number of piperidine rings is 1. The third kappa shape index (κ3) is 5.78. The highest BCUT2D eigenvalue weighted by atomic mass is 35.5. The van der Waals surface area contributed by atoms with Crippen molar-refractivity contribution in [2.24, 2.45) is 0 Å². The normalized spacial score (nSPS) is 18.3. The van der Waals surface area contributed by atoms with Crippen LogP contribution in [0.4, 0.5) is 0 Å². The van der Waals surface area contributed by atoms with Crippen molar-refractivity contribution < 1.29 is 8.95 Å². The van der Waals surface area contributed by atoms with Crippen molar-refractivity contribution >= 4 is 34.0 Å². The molecule has 1 atom stereocenters. The number of methoxy groups -OCH3 is 1. The Morgan fingerprint density at radius 3 is 2.30 bits per heavy atom. The lowest BCUT2D eigenvalue weighted by Crippen LogP contribution is -2.49. The highest BCUT2D eigenvalue weighted by Crippen LogP contribution is 2.29. The molecule has 1 fully saturated rings. The molecule has 6 heteroatoms. The van der Waals surface area contributed by atoms with Crippen molar-refractivity contribution in [2.75, 3.05) is 32.5 Å². The molecule has 1 unspecified atom stereocenters. The minimum Gasteiger partial charge on any atom is -0.377 e. The molecule has 146 valence electrons. The molecule has 0 aromatic heterocycles. The van der Waals surface area contributed by atoms with Crippen LogP contribution >= 0.6 is 23.2 Å². The van der Waals surface area contributed by atoms with Crippen LogP contribution in [-0.4, -0.2) is 47.2 Å². The summed E-state index contributed by atoms with van der Waals surface area (Å²) in [6, 6.07) is 15.3. The van der Waals surface area contributed by atoms with Gasteiger partial charge in [0, 0.05) is 41.7 Å². The zero-order valence-electron chi connectivity index (χ0n) is 15.5. The first-order valence-electron chi connectivity index (χ1n) is 9.16. The zero-order chi connectivity index (χ0) is 19.3. The molecular weight excluding hydrogens is 401 g/mol. The summed E-state index contributed by atoms with van der Waals surface area (Å²) in [5.41, 5.74) is 0.845. The molecule has 0 aliphatic carbocycles. The van der Waals surface area contributed by atoms with Gasteiger partial charge in [0.25, 0.3) is 0 Å². The smallest absolute Gasteiger partial charge is 0.0821 e. The minimum atomic E-state index is -1.04. The van der Waals surface area contributed by atoms with E-state index >= 15 is 0 Å². The summed E-state index contributed by atoms with van der Waals surface area (Å²) >= 11 is 12.2. The highest BCUT2D eigenvalue weighted by molar-refractivity contribution is 7.85. The molecule has 2 aromatic rings. The third-order valence-corrected chi connectivity index (χ3v) is 7.26. The maximum atomic E-state index is 12.7. The van der Waals surface area contributed by atoms with Gasteiger partial charge in [-0.05, 0) is 55.2 Å². The van der Waals surface area contributed by atoms with Crippen LogP contribution in [0.25, 0.3) is 0 Å². The Bertz CT molecular complexity index is 757. The van der Waals surface area contributed by atoms with Gasteiger partial charge in [0.15, 0.2) is 0 Å². The van der Waals surface area contributed by atoms with Crippen LogP contribution < -0.4 is 0 Å². The molecule has 1 aliphatic rings. The van der Waals surface area contributed by atoms with Crippen LogP contribution in [0, 0.1) is 0 Å². The van der Waals surface area contributed by atoms with Crippen LogP contribution in [-0.2, 0) is 22.0 Å². The number of nitrogens with zero attached hydrogens (tertiary/aromatic N) is 1. The summed E-state index contributed by atoms with van der Waals surface area (Å²) in [5.74, 6) is 0.547. The fourth-order valence-electron chi connectivity index (χ4n) is 3.53. The van der Waals surface area contributed by atoms with Gasteiger partial charge < -0.3 is 9.64 Å². The standard InChI is InChI=1S/C21H25Cl2NO2S/c1-26-21(16-27(25)20-5-3-2-4-6-20)8-11-24(12-9-21)10-7-17-13-18(22)15-19(23)14-17/h2-6,13-15H,7-12,16H2,1H3. The molecule has 2 aromatic carbocycles. The number of ether oxygens (including phenoxy) is 1. The lowest BCUT2D eigenvalue weighted by molar-refractivity contribution is -0.0391. The molecular formula is C21H25Cl2NO2S. The average Bonchev–Trinajstić information content (AvgIpc) is 2.67. The molecule has 0 spiro atoms. The van der Waals surface area contributed by atoms with Crippen LogP contribution in [0.2, 0.25) is 10.0 Å². The van der Waals surface area contributed by atoms with E-state index in [9.17, 15) is 4.21 Å². The highest BCUT2D eigenvalue weighted by Gasteiger charge is 2.36. The van der Waals surface area contributed by atoms with Crippen molar-refractivity contribution in [3.63, 3.8) is 0 Å². The molecule has 1 heterocycles. The molecule has 3 nitrogen and oxygen atoms in total. The van der Waals surface area contributed by atoms with E-state index in [1.54, 1.807) is 13.2 Å². The fraction of sp³-hybridized carbons (Fsp3) is 0.429. The van der Waals surface area contributed by atoms with Gasteiger partial charge in [0.1, 0.15) is 0 Å². The first-order chi connectivity index (χ1) is 13.0. The van der Waals surface area contributed by atoms with Crippen molar-refractivity contribution in [3.05, 3.63) is 64.1 Å². The van der Waals surface area contributed by atoms with E-state index in [0.29, 0.717) is 15.8 Å².